The van der Waals surface area contributed by atoms with Gasteiger partial charge in [0.1, 0.15) is 42.3 Å². The van der Waals surface area contributed by atoms with E-state index >= 15 is 0 Å². The summed E-state index contributed by atoms with van der Waals surface area (Å²) in [5, 5.41) is 30.9. The molecular weight excluding hydrogens is 1010 g/mol. The van der Waals surface area contributed by atoms with Gasteiger partial charge >= 0.3 is 0 Å². The summed E-state index contributed by atoms with van der Waals surface area (Å²) in [6.45, 7) is 1.20. The first-order valence-electron chi connectivity index (χ1n) is 25.2. The van der Waals surface area contributed by atoms with Crippen LogP contribution in [0, 0.1) is 11.3 Å². The Hall–Kier alpha value is -9.29. The van der Waals surface area contributed by atoms with Crippen LogP contribution in [0.1, 0.15) is 87.8 Å². The molecule has 10 amide bonds. The first-order valence-corrected chi connectivity index (χ1v) is 25.2. The fraction of sp³-hybridized carbons (Fsp3) is 0.460. The number of hydrogen-bond donors (Lipinski definition) is 15. The maximum Gasteiger partial charge on any atom is 0.243 e. The Kier molecular flexibility index (Phi) is 24.3. The number of nitrogens with two attached hydrogens (primary N) is 6. The van der Waals surface area contributed by atoms with Gasteiger partial charge in [0.05, 0.1) is 18.1 Å². The van der Waals surface area contributed by atoms with Crippen molar-refractivity contribution in [3.05, 3.63) is 71.4 Å². The average Bonchev–Trinajstić information content (AvgIpc) is 3.82. The molecule has 0 saturated carbocycles. The van der Waals surface area contributed by atoms with Crippen molar-refractivity contribution in [1.29, 1.82) is 5.26 Å². The molecule has 2 aromatic carbocycles. The molecular formula is C50H70N18O10. The van der Waals surface area contributed by atoms with Crippen LogP contribution in [-0.4, -0.2) is 138 Å². The molecule has 0 bridgehead atoms. The number of amides is 10. The fourth-order valence-electron chi connectivity index (χ4n) is 8.32. The summed E-state index contributed by atoms with van der Waals surface area (Å²) in [4.78, 5) is 148. The lowest BCUT2D eigenvalue weighted by Gasteiger charge is -2.28. The van der Waals surface area contributed by atoms with Gasteiger partial charge in [0.2, 0.25) is 59.1 Å². The van der Waals surface area contributed by atoms with Crippen LogP contribution < -0.4 is 76.9 Å². The Morgan fingerprint density at radius 1 is 0.718 bits per heavy atom. The number of carbonyl (C=O) groups is 10. The van der Waals surface area contributed by atoms with Gasteiger partial charge in [0.25, 0.3) is 0 Å². The van der Waals surface area contributed by atoms with Gasteiger partial charge < -0.3 is 81.9 Å². The number of fused-ring (bicyclic) bond motifs is 1. The number of primary amides is 2. The number of benzene rings is 2. The van der Waals surface area contributed by atoms with E-state index in [-0.39, 0.29) is 94.9 Å². The predicted molar refractivity (Wildman–Crippen MR) is 285 cm³/mol. The molecule has 2 heterocycles. The fourth-order valence-corrected chi connectivity index (χ4v) is 8.32. The summed E-state index contributed by atoms with van der Waals surface area (Å²) < 4.78 is 0. The summed E-state index contributed by atoms with van der Waals surface area (Å²) in [6.07, 6.45) is 0.147. The number of aromatic amines is 1. The molecule has 28 heteroatoms. The van der Waals surface area contributed by atoms with Crippen LogP contribution in [0.2, 0.25) is 0 Å². The molecule has 0 radical (unpaired) electrons. The quantitative estimate of drug-likeness (QED) is 0.0307. The van der Waals surface area contributed by atoms with Crippen LogP contribution in [-0.2, 0) is 60.8 Å². The van der Waals surface area contributed by atoms with E-state index in [4.69, 9.17) is 34.4 Å². The molecule has 1 aromatic heterocycles. The van der Waals surface area contributed by atoms with Gasteiger partial charge in [-0.1, -0.05) is 30.3 Å². The molecule has 1 fully saturated rings. The Balaban J connectivity index is 1.81. The molecule has 1 saturated heterocycles. The topological polar surface area (TPSA) is 487 Å². The number of rotatable bonds is 19. The van der Waals surface area contributed by atoms with E-state index in [2.05, 4.69) is 57.5 Å². The van der Waals surface area contributed by atoms with Crippen LogP contribution in [0.4, 0.5) is 0 Å². The van der Waals surface area contributed by atoms with Gasteiger partial charge in [0, 0.05) is 62.9 Å². The number of nitrogens with one attached hydrogen (secondary N) is 9. The Labute approximate surface area is 449 Å². The number of aliphatic imine (C=N–C) groups is 2. The zero-order valence-corrected chi connectivity index (χ0v) is 43.2. The zero-order chi connectivity index (χ0) is 57.3. The van der Waals surface area contributed by atoms with Crippen molar-refractivity contribution < 1.29 is 47.9 Å². The van der Waals surface area contributed by atoms with Gasteiger partial charge in [0.15, 0.2) is 11.9 Å². The molecule has 3 aromatic rings. The number of H-pyrrole nitrogens is 1. The zero-order valence-electron chi connectivity index (χ0n) is 43.2. The number of nitriles is 1. The molecule has 78 heavy (non-hydrogen) atoms. The molecule has 21 N–H and O–H groups in total. The molecule has 1 aliphatic rings. The van der Waals surface area contributed by atoms with Gasteiger partial charge in [-0.25, -0.2) is 0 Å². The maximum atomic E-state index is 14.7. The van der Waals surface area contributed by atoms with Crippen LogP contribution >= 0.6 is 0 Å². The van der Waals surface area contributed by atoms with Gasteiger partial charge in [-0.15, -0.1) is 0 Å². The molecule has 0 aliphatic carbocycles. The van der Waals surface area contributed by atoms with Crippen LogP contribution in [0.5, 0.6) is 0 Å². The smallest absolute Gasteiger partial charge is 0.243 e. The third kappa shape index (κ3) is 20.8. The second-order valence-electron chi connectivity index (χ2n) is 18.6. The third-order valence-electron chi connectivity index (χ3n) is 12.3. The van der Waals surface area contributed by atoms with Crippen molar-refractivity contribution >= 4 is 81.9 Å². The molecule has 4 unspecified atom stereocenters. The highest BCUT2D eigenvalue weighted by Gasteiger charge is 2.35. The highest BCUT2D eigenvalue weighted by atomic mass is 16.2. The van der Waals surface area contributed by atoms with Crippen LogP contribution in [0.15, 0.2) is 64.7 Å². The number of aromatic nitrogens is 1. The lowest BCUT2D eigenvalue weighted by atomic mass is 10.0. The van der Waals surface area contributed by atoms with Crippen molar-refractivity contribution in [2.75, 3.05) is 19.6 Å². The van der Waals surface area contributed by atoms with E-state index < -0.39 is 121 Å². The lowest BCUT2D eigenvalue weighted by Crippen LogP contribution is -2.60. The van der Waals surface area contributed by atoms with Crippen molar-refractivity contribution in [2.45, 2.75) is 126 Å². The highest BCUT2D eigenvalue weighted by molar-refractivity contribution is 5.99. The van der Waals surface area contributed by atoms with Crippen molar-refractivity contribution in [2.24, 2.45) is 44.4 Å². The number of nitrogens with zero attached hydrogens (tertiary/aromatic N) is 3. The molecule has 4 rings (SSSR count). The Morgan fingerprint density at radius 2 is 1.31 bits per heavy atom. The summed E-state index contributed by atoms with van der Waals surface area (Å²) in [6, 6.07) is 4.85. The number of carbonyl (C=O) groups excluding carboxylic acids is 10. The van der Waals surface area contributed by atoms with Crippen molar-refractivity contribution in [3.8, 4) is 6.07 Å². The van der Waals surface area contributed by atoms with E-state index in [1.54, 1.807) is 18.3 Å². The first-order chi connectivity index (χ1) is 37.1. The molecule has 420 valence electrons. The monoisotopic (exact) mass is 1080 g/mol. The minimum absolute atomic E-state index is 0.00403. The summed E-state index contributed by atoms with van der Waals surface area (Å²) in [5.41, 5.74) is 35.3. The van der Waals surface area contributed by atoms with Crippen LogP contribution in [0.3, 0.4) is 0 Å². The summed E-state index contributed by atoms with van der Waals surface area (Å²) in [5.74, 6) is -9.28. The van der Waals surface area contributed by atoms with Crippen LogP contribution in [0.25, 0.3) is 10.9 Å². The second-order valence-corrected chi connectivity index (χ2v) is 18.6. The minimum Gasteiger partial charge on any atom is -0.370 e. The van der Waals surface area contributed by atoms with E-state index in [1.807, 2.05) is 18.2 Å². The molecule has 0 spiro atoms. The summed E-state index contributed by atoms with van der Waals surface area (Å²) >= 11 is 0. The number of hydrogen-bond acceptors (Lipinski definition) is 13. The van der Waals surface area contributed by atoms with Gasteiger partial charge in [-0.05, 0) is 80.7 Å². The van der Waals surface area contributed by atoms with E-state index in [1.165, 1.54) is 24.3 Å². The van der Waals surface area contributed by atoms with Crippen molar-refractivity contribution in [1.82, 2.24) is 47.5 Å². The minimum atomic E-state index is -1.74. The largest absolute Gasteiger partial charge is 0.370 e. The van der Waals surface area contributed by atoms with Gasteiger partial charge in [-0.3, -0.25) is 57.9 Å². The standard InChI is InChI=1S/C50H70N18O10/c1-27(69)62-34(11-6-20-59-49(54)55)43(73)68-39-24-41(71)58-19-5-4-10-33(42(53)72)63-47(77)38(23-30-26-61-32-9-3-2-8-31(30)32)67-44(74)35(12-7-21-60-50(56)57)64-46(76)37(22-28-13-15-29(25-51)16-14-28)66-45(75)36(65-48(39)78)17-18-40(52)70/h2-3,8-9,13-16,26,33-39,61H,4-7,10-12,17-24H2,1H3,(H2,52,70)(H2,53,72)(H,58,71)(H,62,69)(H,63,77)(H,64,76)(H,65,78)(H,66,75)(H,67,74)(H,68,73)(H4,54,55,59)(H4,56,57,60)/t33?,34?,35-,36-,37?,38-,39?/m0/s1. The summed E-state index contributed by atoms with van der Waals surface area (Å²) in [7, 11) is 0. The molecule has 28 nitrogen and oxygen atoms in total. The number of guanidine groups is 2. The molecule has 1 aliphatic heterocycles. The normalized spacial score (nSPS) is 20.6. The average molecular weight is 1080 g/mol. The van der Waals surface area contributed by atoms with E-state index in [0.717, 1.165) is 17.8 Å². The van der Waals surface area contributed by atoms with E-state index in [0.29, 0.717) is 11.1 Å². The molecule has 7 atom stereocenters. The third-order valence-corrected chi connectivity index (χ3v) is 12.3. The number of para-hydroxylation sites is 1. The lowest BCUT2D eigenvalue weighted by molar-refractivity contribution is -0.136. The Bertz CT molecular complexity index is 2730. The van der Waals surface area contributed by atoms with Gasteiger partial charge in [-0.2, -0.15) is 5.26 Å². The SMILES string of the molecule is CC(=O)NC(CCCN=C(N)N)C(=O)NC1CC(=O)NCCCCC(C(N)=O)NC(=O)[C@H](Cc2c[nH]c3ccccc23)NC(=O)[C@H](CCCN=C(N)N)NC(=O)C(Cc2ccc(C#N)cc2)NC(=O)[C@H](CCC(N)=O)NC1=O. The van der Waals surface area contributed by atoms with Crippen molar-refractivity contribution in [3.63, 3.8) is 0 Å². The van der Waals surface area contributed by atoms with E-state index in [9.17, 15) is 53.2 Å². The predicted octanol–water partition coefficient (Wildman–Crippen LogP) is -4.21. The highest BCUT2D eigenvalue weighted by Crippen LogP contribution is 2.20. The first kappa shape index (κ1) is 61.3. The Morgan fingerprint density at radius 3 is 1.94 bits per heavy atom. The maximum absolute atomic E-state index is 14.7. The second kappa shape index (κ2) is 30.9.